The van der Waals surface area contributed by atoms with Gasteiger partial charge >= 0.3 is 5.97 Å². The minimum Gasteiger partial charge on any atom is -0.478 e. The van der Waals surface area contributed by atoms with E-state index in [-0.39, 0.29) is 5.57 Å². The third-order valence-corrected chi connectivity index (χ3v) is 2.67. The van der Waals surface area contributed by atoms with Crippen LogP contribution in [-0.2, 0) is 4.79 Å². The number of hydrogen-bond donors (Lipinski definition) is 1. The zero-order valence-electron chi connectivity index (χ0n) is 10.1. The largest absolute Gasteiger partial charge is 0.478 e. The summed E-state index contributed by atoms with van der Waals surface area (Å²) in [5.41, 5.74) is 2.11. The Morgan fingerprint density at radius 3 is 2.21 bits per heavy atom. The van der Waals surface area contributed by atoms with E-state index in [0.717, 1.165) is 5.56 Å². The first-order chi connectivity index (χ1) is 9.20. The van der Waals surface area contributed by atoms with Gasteiger partial charge in [0.05, 0.1) is 17.2 Å². The van der Waals surface area contributed by atoms with Crippen molar-refractivity contribution in [3.63, 3.8) is 0 Å². The van der Waals surface area contributed by atoms with Gasteiger partial charge in [-0.3, -0.25) is 0 Å². The van der Waals surface area contributed by atoms with Crippen LogP contribution in [0.1, 0.15) is 16.7 Å². The molecule has 0 amide bonds. The van der Waals surface area contributed by atoms with Crippen LogP contribution < -0.4 is 0 Å². The monoisotopic (exact) mass is 249 g/mol. The average Bonchev–Trinajstić information content (AvgIpc) is 2.46. The summed E-state index contributed by atoms with van der Waals surface area (Å²) in [6.45, 7) is 0. The van der Waals surface area contributed by atoms with E-state index in [1.807, 2.05) is 36.4 Å². The molecule has 0 aliphatic heterocycles. The van der Waals surface area contributed by atoms with Gasteiger partial charge in [-0.2, -0.15) is 5.26 Å². The number of carboxylic acids is 1. The Bertz CT molecular complexity index is 649. The van der Waals surface area contributed by atoms with Crippen molar-refractivity contribution in [3.8, 4) is 6.07 Å². The topological polar surface area (TPSA) is 61.1 Å². The summed E-state index contributed by atoms with van der Waals surface area (Å²) in [7, 11) is 0. The molecule has 0 saturated heterocycles. The number of nitriles is 1. The molecular formula is C16H11NO2. The second-order valence-corrected chi connectivity index (χ2v) is 3.96. The second-order valence-electron chi connectivity index (χ2n) is 3.96. The zero-order valence-corrected chi connectivity index (χ0v) is 10.1. The highest BCUT2D eigenvalue weighted by Gasteiger charge is 2.10. The Morgan fingerprint density at radius 2 is 1.68 bits per heavy atom. The van der Waals surface area contributed by atoms with Crippen molar-refractivity contribution >= 4 is 17.6 Å². The quantitative estimate of drug-likeness (QED) is 0.671. The van der Waals surface area contributed by atoms with Gasteiger partial charge in [0.15, 0.2) is 0 Å². The van der Waals surface area contributed by atoms with Crippen molar-refractivity contribution in [1.29, 1.82) is 5.26 Å². The molecule has 0 saturated carbocycles. The van der Waals surface area contributed by atoms with Gasteiger partial charge in [0, 0.05) is 0 Å². The van der Waals surface area contributed by atoms with Crippen LogP contribution in [0.4, 0.5) is 0 Å². The fourth-order valence-electron chi connectivity index (χ4n) is 1.71. The molecule has 92 valence electrons. The Balaban J connectivity index is 2.43. The Kier molecular flexibility index (Phi) is 3.75. The second kappa shape index (κ2) is 5.65. The van der Waals surface area contributed by atoms with Crippen molar-refractivity contribution in [1.82, 2.24) is 0 Å². The van der Waals surface area contributed by atoms with E-state index in [4.69, 9.17) is 5.26 Å². The maximum atomic E-state index is 11.3. The first-order valence-corrected chi connectivity index (χ1v) is 5.71. The third kappa shape index (κ3) is 3.08. The summed E-state index contributed by atoms with van der Waals surface area (Å²) in [5.74, 6) is -0.992. The number of carboxylic acid groups (broad SMARTS) is 1. The SMILES string of the molecule is N#Cc1ccc(C(=Cc2ccccc2)C(=O)O)cc1. The van der Waals surface area contributed by atoms with Crippen LogP contribution in [0, 0.1) is 11.3 Å². The van der Waals surface area contributed by atoms with E-state index in [1.165, 1.54) is 0 Å². The van der Waals surface area contributed by atoms with Crippen molar-refractivity contribution in [2.45, 2.75) is 0 Å². The Labute approximate surface area is 111 Å². The van der Waals surface area contributed by atoms with Gasteiger partial charge in [0.1, 0.15) is 0 Å². The van der Waals surface area contributed by atoms with Gasteiger partial charge < -0.3 is 5.11 Å². The number of rotatable bonds is 3. The third-order valence-electron chi connectivity index (χ3n) is 2.67. The van der Waals surface area contributed by atoms with Crippen LogP contribution in [0.25, 0.3) is 11.6 Å². The van der Waals surface area contributed by atoms with E-state index in [0.29, 0.717) is 11.1 Å². The van der Waals surface area contributed by atoms with Crippen molar-refractivity contribution < 1.29 is 9.90 Å². The number of hydrogen-bond acceptors (Lipinski definition) is 2. The molecule has 3 nitrogen and oxygen atoms in total. The standard InChI is InChI=1S/C16H11NO2/c17-11-13-6-8-14(9-7-13)15(16(18)19)10-12-4-2-1-3-5-12/h1-10H,(H,18,19). The molecule has 0 radical (unpaired) electrons. The molecule has 19 heavy (non-hydrogen) atoms. The predicted octanol–water partition coefficient (Wildman–Crippen LogP) is 3.18. The Hall–Kier alpha value is -2.86. The average molecular weight is 249 g/mol. The van der Waals surface area contributed by atoms with Crippen LogP contribution in [0.15, 0.2) is 54.6 Å². The molecule has 2 aromatic rings. The molecule has 1 N–H and O–H groups in total. The van der Waals surface area contributed by atoms with E-state index in [2.05, 4.69) is 0 Å². The van der Waals surface area contributed by atoms with Crippen LogP contribution in [0.5, 0.6) is 0 Å². The molecule has 2 rings (SSSR count). The summed E-state index contributed by atoms with van der Waals surface area (Å²) < 4.78 is 0. The highest BCUT2D eigenvalue weighted by Crippen LogP contribution is 2.19. The number of nitrogens with zero attached hydrogens (tertiary/aromatic N) is 1. The van der Waals surface area contributed by atoms with Gasteiger partial charge in [-0.1, -0.05) is 42.5 Å². The highest BCUT2D eigenvalue weighted by molar-refractivity contribution is 6.20. The van der Waals surface area contributed by atoms with E-state index in [9.17, 15) is 9.90 Å². The summed E-state index contributed by atoms with van der Waals surface area (Å²) in [4.78, 5) is 11.3. The maximum absolute atomic E-state index is 11.3. The van der Waals surface area contributed by atoms with Gasteiger partial charge in [0.2, 0.25) is 0 Å². The highest BCUT2D eigenvalue weighted by atomic mass is 16.4. The normalized spacial score (nSPS) is 10.8. The molecule has 0 atom stereocenters. The lowest BCUT2D eigenvalue weighted by atomic mass is 10.0. The van der Waals surface area contributed by atoms with Crippen molar-refractivity contribution in [3.05, 3.63) is 71.3 Å². The number of benzene rings is 2. The van der Waals surface area contributed by atoms with Crippen molar-refractivity contribution in [2.24, 2.45) is 0 Å². The summed E-state index contributed by atoms with van der Waals surface area (Å²) in [6, 6.07) is 17.8. The maximum Gasteiger partial charge on any atom is 0.336 e. The smallest absolute Gasteiger partial charge is 0.336 e. The molecule has 0 aromatic heterocycles. The molecular weight excluding hydrogens is 238 g/mol. The number of aliphatic carboxylic acids is 1. The molecule has 2 aromatic carbocycles. The summed E-state index contributed by atoms with van der Waals surface area (Å²) >= 11 is 0. The molecule has 0 heterocycles. The van der Waals surface area contributed by atoms with Gasteiger partial charge in [-0.25, -0.2) is 4.79 Å². The van der Waals surface area contributed by atoms with Gasteiger partial charge in [-0.05, 0) is 29.3 Å². The summed E-state index contributed by atoms with van der Waals surface area (Å²) in [6.07, 6.45) is 1.61. The Morgan fingerprint density at radius 1 is 1.05 bits per heavy atom. The molecule has 0 fully saturated rings. The lowest BCUT2D eigenvalue weighted by molar-refractivity contribution is -0.130. The zero-order chi connectivity index (χ0) is 13.7. The number of carbonyl (C=O) groups is 1. The lowest BCUT2D eigenvalue weighted by Gasteiger charge is -2.03. The molecule has 3 heteroatoms. The van der Waals surface area contributed by atoms with E-state index >= 15 is 0 Å². The minimum absolute atomic E-state index is 0.204. The van der Waals surface area contributed by atoms with Crippen LogP contribution in [-0.4, -0.2) is 11.1 Å². The summed E-state index contributed by atoms with van der Waals surface area (Å²) in [5, 5.41) is 18.0. The first kappa shape index (κ1) is 12.6. The molecule has 0 bridgehead atoms. The van der Waals surface area contributed by atoms with Gasteiger partial charge in [-0.15, -0.1) is 0 Å². The predicted molar refractivity (Wildman–Crippen MR) is 73.1 cm³/mol. The minimum atomic E-state index is -0.992. The molecule has 0 aliphatic carbocycles. The van der Waals surface area contributed by atoms with Gasteiger partial charge in [0.25, 0.3) is 0 Å². The van der Waals surface area contributed by atoms with Crippen LogP contribution in [0.2, 0.25) is 0 Å². The van der Waals surface area contributed by atoms with Crippen molar-refractivity contribution in [2.75, 3.05) is 0 Å². The van der Waals surface area contributed by atoms with E-state index in [1.54, 1.807) is 30.3 Å². The van der Waals surface area contributed by atoms with Crippen LogP contribution in [0.3, 0.4) is 0 Å². The first-order valence-electron chi connectivity index (χ1n) is 5.71. The van der Waals surface area contributed by atoms with Crippen LogP contribution >= 0.6 is 0 Å². The molecule has 0 unspecified atom stereocenters. The molecule has 0 spiro atoms. The molecule has 0 aliphatic rings. The fraction of sp³-hybridized carbons (Fsp3) is 0. The fourth-order valence-corrected chi connectivity index (χ4v) is 1.71. The lowest BCUT2D eigenvalue weighted by Crippen LogP contribution is -1.99. The van der Waals surface area contributed by atoms with E-state index < -0.39 is 5.97 Å².